The van der Waals surface area contributed by atoms with Crippen molar-refractivity contribution in [3.63, 3.8) is 0 Å². The number of halogens is 1. The monoisotopic (exact) mass is 390 g/mol. The fourth-order valence-corrected chi connectivity index (χ4v) is 2.70. The lowest BCUT2D eigenvalue weighted by molar-refractivity contribution is -0.123. The van der Waals surface area contributed by atoms with E-state index in [1.807, 2.05) is 24.3 Å². The first-order valence-corrected chi connectivity index (χ1v) is 8.83. The van der Waals surface area contributed by atoms with Gasteiger partial charge in [0.25, 0.3) is 0 Å². The number of ether oxygens (including phenoxy) is 2. The van der Waals surface area contributed by atoms with Crippen molar-refractivity contribution >= 4 is 29.1 Å². The molecule has 0 saturated carbocycles. The average molecular weight is 391 g/mol. The summed E-state index contributed by atoms with van der Waals surface area (Å²) in [6.45, 7) is 1.81. The second-order valence-electron chi connectivity index (χ2n) is 5.87. The van der Waals surface area contributed by atoms with E-state index in [1.165, 1.54) is 26.0 Å². The highest BCUT2D eigenvalue weighted by molar-refractivity contribution is 6.30. The molecule has 0 aliphatic rings. The van der Waals surface area contributed by atoms with Crippen LogP contribution in [0.15, 0.2) is 42.5 Å². The first-order chi connectivity index (χ1) is 12.9. The van der Waals surface area contributed by atoms with Gasteiger partial charge in [-0.25, -0.2) is 0 Å². The van der Waals surface area contributed by atoms with Crippen molar-refractivity contribution in [2.45, 2.75) is 13.3 Å². The predicted molar refractivity (Wildman–Crippen MR) is 106 cm³/mol. The summed E-state index contributed by atoms with van der Waals surface area (Å²) in [5.74, 6) is 0.561. The molecule has 2 aromatic rings. The zero-order valence-electron chi connectivity index (χ0n) is 15.6. The van der Waals surface area contributed by atoms with Crippen LogP contribution < -0.4 is 19.7 Å². The summed E-state index contributed by atoms with van der Waals surface area (Å²) in [4.78, 5) is 25.7. The molecule has 2 amide bonds. The largest absolute Gasteiger partial charge is 0.493 e. The van der Waals surface area contributed by atoms with Crippen LogP contribution in [0.3, 0.4) is 0 Å². The lowest BCUT2D eigenvalue weighted by Crippen LogP contribution is -2.40. The van der Waals surface area contributed by atoms with Gasteiger partial charge in [-0.3, -0.25) is 9.59 Å². The summed E-state index contributed by atoms with van der Waals surface area (Å²) >= 11 is 5.86. The Labute approximate surface area is 164 Å². The fourth-order valence-electron chi connectivity index (χ4n) is 2.57. The van der Waals surface area contributed by atoms with Crippen molar-refractivity contribution in [2.75, 3.05) is 32.2 Å². The Morgan fingerprint density at radius 2 is 1.70 bits per heavy atom. The van der Waals surface area contributed by atoms with Crippen molar-refractivity contribution in [1.82, 2.24) is 5.32 Å². The minimum atomic E-state index is -0.242. The van der Waals surface area contributed by atoms with Gasteiger partial charge in [0, 0.05) is 30.2 Å². The molecular weight excluding hydrogens is 368 g/mol. The topological polar surface area (TPSA) is 67.9 Å². The Bertz CT molecular complexity index is 793. The molecule has 0 bridgehead atoms. The maximum absolute atomic E-state index is 12.3. The molecule has 27 heavy (non-hydrogen) atoms. The van der Waals surface area contributed by atoms with Crippen LogP contribution in [0.1, 0.15) is 12.5 Å². The summed E-state index contributed by atoms with van der Waals surface area (Å²) in [5.41, 5.74) is 1.64. The summed E-state index contributed by atoms with van der Waals surface area (Å²) in [7, 11) is 3.05. The van der Waals surface area contributed by atoms with Gasteiger partial charge in [-0.2, -0.15) is 0 Å². The van der Waals surface area contributed by atoms with Crippen molar-refractivity contribution in [1.29, 1.82) is 0 Å². The van der Waals surface area contributed by atoms with Gasteiger partial charge in [0.2, 0.25) is 11.8 Å². The molecule has 0 aliphatic carbocycles. The second-order valence-corrected chi connectivity index (χ2v) is 6.31. The lowest BCUT2D eigenvalue weighted by atomic mass is 10.1. The average Bonchev–Trinajstić information content (AvgIpc) is 2.67. The molecule has 0 spiro atoms. The molecule has 0 saturated heterocycles. The Hall–Kier alpha value is -2.73. The van der Waals surface area contributed by atoms with Crippen LogP contribution in [0.4, 0.5) is 5.69 Å². The van der Waals surface area contributed by atoms with Crippen molar-refractivity contribution < 1.29 is 19.1 Å². The van der Waals surface area contributed by atoms with E-state index >= 15 is 0 Å². The molecule has 0 atom stereocenters. The third-order valence-corrected chi connectivity index (χ3v) is 4.26. The Kier molecular flexibility index (Phi) is 7.49. The number of hydrogen-bond donors (Lipinski definition) is 1. The van der Waals surface area contributed by atoms with Crippen LogP contribution in [0.25, 0.3) is 0 Å². The van der Waals surface area contributed by atoms with Gasteiger partial charge in [-0.1, -0.05) is 23.7 Å². The van der Waals surface area contributed by atoms with Gasteiger partial charge in [-0.05, 0) is 36.2 Å². The molecule has 6 nitrogen and oxygen atoms in total. The smallest absolute Gasteiger partial charge is 0.240 e. The first kappa shape index (κ1) is 20.6. The number of anilines is 1. The number of hydrogen-bond acceptors (Lipinski definition) is 4. The minimum Gasteiger partial charge on any atom is -0.493 e. The number of amides is 2. The quantitative estimate of drug-likeness (QED) is 0.752. The highest BCUT2D eigenvalue weighted by Crippen LogP contribution is 2.31. The van der Waals surface area contributed by atoms with Crippen molar-refractivity contribution in [2.24, 2.45) is 0 Å². The van der Waals surface area contributed by atoms with Gasteiger partial charge >= 0.3 is 0 Å². The van der Waals surface area contributed by atoms with Crippen LogP contribution >= 0.6 is 11.6 Å². The molecule has 0 aliphatic heterocycles. The van der Waals surface area contributed by atoms with E-state index in [9.17, 15) is 9.59 Å². The van der Waals surface area contributed by atoms with Gasteiger partial charge in [0.1, 0.15) is 6.54 Å². The number of nitrogens with one attached hydrogen (secondary N) is 1. The van der Waals surface area contributed by atoms with Gasteiger partial charge < -0.3 is 19.7 Å². The molecule has 0 heterocycles. The normalized spacial score (nSPS) is 10.2. The molecule has 2 rings (SSSR count). The Morgan fingerprint density at radius 3 is 2.30 bits per heavy atom. The first-order valence-electron chi connectivity index (χ1n) is 8.46. The molecule has 144 valence electrons. The van der Waals surface area contributed by atoms with Crippen LogP contribution in [0.2, 0.25) is 5.02 Å². The minimum absolute atomic E-state index is 0.0779. The standard InChI is InChI=1S/C20H23ClN2O4/c1-14(24)23(17-8-9-18(26-2)19(12-17)27-3)13-20(25)22-11-10-15-4-6-16(21)7-5-15/h4-9,12H,10-11,13H2,1-3H3,(H,22,25). The number of rotatable bonds is 8. The Morgan fingerprint density at radius 1 is 1.04 bits per heavy atom. The number of carbonyl (C=O) groups excluding carboxylic acids is 2. The fraction of sp³-hybridized carbons (Fsp3) is 0.300. The van der Waals surface area contributed by atoms with Gasteiger partial charge in [0.15, 0.2) is 11.5 Å². The summed E-state index contributed by atoms with van der Waals surface area (Å²) in [5, 5.41) is 3.51. The van der Waals surface area contributed by atoms with Crippen molar-refractivity contribution in [3.05, 3.63) is 53.1 Å². The molecule has 0 aromatic heterocycles. The molecule has 2 aromatic carbocycles. The highest BCUT2D eigenvalue weighted by atomic mass is 35.5. The molecule has 1 N–H and O–H groups in total. The van der Waals surface area contributed by atoms with E-state index in [4.69, 9.17) is 21.1 Å². The van der Waals surface area contributed by atoms with E-state index in [2.05, 4.69) is 5.32 Å². The zero-order chi connectivity index (χ0) is 19.8. The molecule has 0 unspecified atom stereocenters. The maximum atomic E-state index is 12.3. The van der Waals surface area contributed by atoms with Crippen molar-refractivity contribution in [3.8, 4) is 11.5 Å². The lowest BCUT2D eigenvalue weighted by Gasteiger charge is -2.22. The van der Waals surface area contributed by atoms with E-state index in [-0.39, 0.29) is 18.4 Å². The number of methoxy groups -OCH3 is 2. The van der Waals surface area contributed by atoms with Gasteiger partial charge in [0.05, 0.1) is 14.2 Å². The van der Waals surface area contributed by atoms with Gasteiger partial charge in [-0.15, -0.1) is 0 Å². The summed E-state index contributed by atoms with van der Waals surface area (Å²) < 4.78 is 10.5. The molecular formula is C20H23ClN2O4. The van der Waals surface area contributed by atoms with E-state index in [0.29, 0.717) is 35.2 Å². The van der Waals surface area contributed by atoms with E-state index in [0.717, 1.165) is 5.56 Å². The number of benzene rings is 2. The third-order valence-electron chi connectivity index (χ3n) is 4.01. The van der Waals surface area contributed by atoms with Crippen LogP contribution in [-0.4, -0.2) is 39.1 Å². The van der Waals surface area contributed by atoms with Crippen LogP contribution in [0.5, 0.6) is 11.5 Å². The third kappa shape index (κ3) is 5.89. The second kappa shape index (κ2) is 9.83. The molecule has 7 heteroatoms. The molecule has 0 radical (unpaired) electrons. The zero-order valence-corrected chi connectivity index (χ0v) is 16.4. The van der Waals surface area contributed by atoms with Crippen LogP contribution in [0, 0.1) is 0 Å². The highest BCUT2D eigenvalue weighted by Gasteiger charge is 2.17. The summed E-state index contributed by atoms with van der Waals surface area (Å²) in [6, 6.07) is 12.5. The SMILES string of the molecule is COc1ccc(N(CC(=O)NCCc2ccc(Cl)cc2)C(C)=O)cc1OC. The Balaban J connectivity index is 1.97. The number of carbonyl (C=O) groups is 2. The number of nitrogens with zero attached hydrogens (tertiary/aromatic N) is 1. The predicted octanol–water partition coefficient (Wildman–Crippen LogP) is 3.07. The molecule has 0 fully saturated rings. The summed E-state index contributed by atoms with van der Waals surface area (Å²) in [6.07, 6.45) is 0.680. The van der Waals surface area contributed by atoms with E-state index in [1.54, 1.807) is 18.2 Å². The van der Waals surface area contributed by atoms with E-state index < -0.39 is 0 Å². The van der Waals surface area contributed by atoms with Crippen LogP contribution in [-0.2, 0) is 16.0 Å². The maximum Gasteiger partial charge on any atom is 0.240 e.